The molecule has 132 valence electrons. The van der Waals surface area contributed by atoms with E-state index >= 15 is 0 Å². The van der Waals surface area contributed by atoms with Gasteiger partial charge in [0.15, 0.2) is 0 Å². The Morgan fingerprint density at radius 2 is 1.62 bits per heavy atom. The van der Waals surface area contributed by atoms with Crippen molar-refractivity contribution in [3.8, 4) is 5.69 Å². The Balaban J connectivity index is 1.88. The summed E-state index contributed by atoms with van der Waals surface area (Å²) in [5.74, 6) is -1.84. The molecule has 26 heavy (non-hydrogen) atoms. The number of benzene rings is 2. The summed E-state index contributed by atoms with van der Waals surface area (Å²) in [6.07, 6.45) is 0. The van der Waals surface area contributed by atoms with Crippen LogP contribution in [-0.2, 0) is 4.79 Å². The predicted octanol–water partition coefficient (Wildman–Crippen LogP) is 4.71. The lowest BCUT2D eigenvalue weighted by Crippen LogP contribution is -2.23. The third-order valence-corrected chi connectivity index (χ3v) is 4.32. The van der Waals surface area contributed by atoms with Crippen molar-refractivity contribution in [2.24, 2.45) is 0 Å². The molecule has 6 heteroatoms. The first-order chi connectivity index (χ1) is 12.4. The Morgan fingerprint density at radius 3 is 2.23 bits per heavy atom. The van der Waals surface area contributed by atoms with Gasteiger partial charge < -0.3 is 9.88 Å². The molecule has 0 radical (unpaired) electrons. The summed E-state index contributed by atoms with van der Waals surface area (Å²) in [6, 6.07) is 14.1. The third kappa shape index (κ3) is 3.53. The van der Waals surface area contributed by atoms with E-state index in [0.717, 1.165) is 11.4 Å². The van der Waals surface area contributed by atoms with E-state index in [1.165, 1.54) is 24.3 Å². The van der Waals surface area contributed by atoms with Gasteiger partial charge in [-0.15, -0.1) is 0 Å². The molecule has 0 fully saturated rings. The number of hydrogen-bond donors (Lipinski definition) is 1. The van der Waals surface area contributed by atoms with Crippen molar-refractivity contribution in [1.29, 1.82) is 0 Å². The van der Waals surface area contributed by atoms with Gasteiger partial charge in [0.1, 0.15) is 5.82 Å². The molecule has 0 spiro atoms. The van der Waals surface area contributed by atoms with Gasteiger partial charge in [0.25, 0.3) is 11.7 Å². The number of aryl methyl sites for hydroxylation is 1. The molecule has 0 atom stereocenters. The fourth-order valence-electron chi connectivity index (χ4n) is 2.82. The largest absolute Gasteiger partial charge is 0.319 e. The quantitative estimate of drug-likeness (QED) is 0.534. The highest BCUT2D eigenvalue weighted by molar-refractivity contribution is 6.46. The zero-order valence-electron chi connectivity index (χ0n) is 14.2. The van der Waals surface area contributed by atoms with Crippen molar-refractivity contribution in [1.82, 2.24) is 4.57 Å². The number of Topliss-reactive ketones (excluding diaryl/α,β-unsaturated/α-hetero) is 1. The van der Waals surface area contributed by atoms with Crippen LogP contribution < -0.4 is 5.32 Å². The Bertz CT molecular complexity index is 976. The minimum Gasteiger partial charge on any atom is -0.319 e. The Hall–Kier alpha value is -2.92. The lowest BCUT2D eigenvalue weighted by molar-refractivity contribution is -0.112. The van der Waals surface area contributed by atoms with Crippen LogP contribution in [0.2, 0.25) is 5.02 Å². The highest BCUT2D eigenvalue weighted by Crippen LogP contribution is 2.23. The van der Waals surface area contributed by atoms with Gasteiger partial charge in [-0.2, -0.15) is 0 Å². The number of anilines is 1. The molecule has 0 aliphatic carbocycles. The van der Waals surface area contributed by atoms with E-state index < -0.39 is 17.5 Å². The molecule has 0 aliphatic heterocycles. The van der Waals surface area contributed by atoms with E-state index in [-0.39, 0.29) is 0 Å². The maximum Gasteiger partial charge on any atom is 0.296 e. The van der Waals surface area contributed by atoms with Crippen molar-refractivity contribution < 1.29 is 14.0 Å². The molecule has 0 saturated heterocycles. The first-order valence-corrected chi connectivity index (χ1v) is 8.31. The van der Waals surface area contributed by atoms with Crippen LogP contribution in [0, 0.1) is 19.7 Å². The van der Waals surface area contributed by atoms with Gasteiger partial charge in [-0.3, -0.25) is 9.59 Å². The fraction of sp³-hybridized carbons (Fsp3) is 0.100. The van der Waals surface area contributed by atoms with E-state index in [4.69, 9.17) is 11.6 Å². The summed E-state index contributed by atoms with van der Waals surface area (Å²) < 4.78 is 14.8. The maximum atomic E-state index is 12.9. The average molecular weight is 371 g/mol. The number of ketones is 1. The van der Waals surface area contributed by atoms with E-state index in [0.29, 0.717) is 22.0 Å². The molecule has 2 aromatic carbocycles. The molecular weight excluding hydrogens is 355 g/mol. The average Bonchev–Trinajstić information content (AvgIpc) is 2.91. The first-order valence-electron chi connectivity index (χ1n) is 7.93. The van der Waals surface area contributed by atoms with Gasteiger partial charge in [0.05, 0.1) is 0 Å². The van der Waals surface area contributed by atoms with Crippen molar-refractivity contribution in [2.75, 3.05) is 5.32 Å². The van der Waals surface area contributed by atoms with Crippen molar-refractivity contribution in [2.45, 2.75) is 13.8 Å². The Morgan fingerprint density at radius 1 is 1.00 bits per heavy atom. The van der Waals surface area contributed by atoms with E-state index in [2.05, 4.69) is 5.32 Å². The summed E-state index contributed by atoms with van der Waals surface area (Å²) in [4.78, 5) is 24.8. The summed E-state index contributed by atoms with van der Waals surface area (Å²) >= 11 is 5.92. The van der Waals surface area contributed by atoms with Crippen LogP contribution in [0.4, 0.5) is 10.1 Å². The minimum absolute atomic E-state index is 0.317. The second-order valence-electron chi connectivity index (χ2n) is 5.89. The molecule has 0 bridgehead atoms. The summed E-state index contributed by atoms with van der Waals surface area (Å²) in [5, 5.41) is 3.11. The lowest BCUT2D eigenvalue weighted by Gasteiger charge is -2.10. The highest BCUT2D eigenvalue weighted by Gasteiger charge is 2.22. The van der Waals surface area contributed by atoms with E-state index in [1.54, 1.807) is 25.1 Å². The first kappa shape index (κ1) is 17.9. The smallest absolute Gasteiger partial charge is 0.296 e. The van der Waals surface area contributed by atoms with E-state index in [9.17, 15) is 14.0 Å². The summed E-state index contributed by atoms with van der Waals surface area (Å²) in [5.41, 5.74) is 3.00. The standard InChI is InChI=1S/C20H16ClFN2O2/c1-12-11-18(13(2)24(12)17-9-3-14(21)4-10-17)19(25)20(26)23-16-7-5-15(22)6-8-16/h3-11H,1-2H3,(H,23,26). The van der Waals surface area contributed by atoms with Crippen molar-refractivity contribution >= 4 is 29.0 Å². The zero-order chi connectivity index (χ0) is 18.8. The second kappa shape index (κ2) is 7.14. The highest BCUT2D eigenvalue weighted by atomic mass is 35.5. The van der Waals surface area contributed by atoms with Gasteiger partial charge >= 0.3 is 0 Å². The van der Waals surface area contributed by atoms with Crippen LogP contribution in [0.3, 0.4) is 0 Å². The van der Waals surface area contributed by atoms with E-state index in [1.807, 2.05) is 23.6 Å². The number of nitrogens with one attached hydrogen (secondary N) is 1. The fourth-order valence-corrected chi connectivity index (χ4v) is 2.95. The van der Waals surface area contributed by atoms with Crippen LogP contribution in [0.15, 0.2) is 54.6 Å². The zero-order valence-corrected chi connectivity index (χ0v) is 15.0. The van der Waals surface area contributed by atoms with Crippen LogP contribution in [0.5, 0.6) is 0 Å². The van der Waals surface area contributed by atoms with Gasteiger partial charge in [0, 0.05) is 33.3 Å². The molecule has 3 rings (SSSR count). The van der Waals surface area contributed by atoms with Gasteiger partial charge in [-0.05, 0) is 68.4 Å². The summed E-state index contributed by atoms with van der Waals surface area (Å²) in [6.45, 7) is 3.64. The molecule has 0 saturated carbocycles. The number of carbonyl (C=O) groups excluding carboxylic acids is 2. The van der Waals surface area contributed by atoms with Gasteiger partial charge in [0.2, 0.25) is 0 Å². The molecule has 0 unspecified atom stereocenters. The van der Waals surface area contributed by atoms with Gasteiger partial charge in [-0.1, -0.05) is 11.6 Å². The van der Waals surface area contributed by atoms with Crippen LogP contribution >= 0.6 is 11.6 Å². The molecule has 1 aromatic heterocycles. The summed E-state index contributed by atoms with van der Waals surface area (Å²) in [7, 11) is 0. The topological polar surface area (TPSA) is 51.1 Å². The molecule has 1 amide bonds. The minimum atomic E-state index is -0.770. The Labute approximate surface area is 155 Å². The Kier molecular flexibility index (Phi) is 4.91. The lowest BCUT2D eigenvalue weighted by atomic mass is 10.1. The van der Waals surface area contributed by atoms with Crippen LogP contribution in [0.1, 0.15) is 21.7 Å². The normalized spacial score (nSPS) is 10.6. The van der Waals surface area contributed by atoms with Crippen LogP contribution in [0.25, 0.3) is 5.69 Å². The molecule has 3 aromatic rings. The molecule has 1 N–H and O–H groups in total. The number of nitrogens with zero attached hydrogens (tertiary/aromatic N) is 1. The molecule has 1 heterocycles. The number of amides is 1. The monoisotopic (exact) mass is 370 g/mol. The van der Waals surface area contributed by atoms with Crippen molar-refractivity contribution in [3.63, 3.8) is 0 Å². The third-order valence-electron chi connectivity index (χ3n) is 4.07. The van der Waals surface area contributed by atoms with Crippen molar-refractivity contribution in [3.05, 3.63) is 82.4 Å². The molecule has 4 nitrogen and oxygen atoms in total. The molecular formula is C20H16ClFN2O2. The number of rotatable bonds is 4. The number of hydrogen-bond acceptors (Lipinski definition) is 2. The van der Waals surface area contributed by atoms with Crippen LogP contribution in [-0.4, -0.2) is 16.3 Å². The number of carbonyl (C=O) groups is 2. The predicted molar refractivity (Wildman–Crippen MR) is 99.6 cm³/mol. The number of halogens is 2. The second-order valence-corrected chi connectivity index (χ2v) is 6.32. The van der Waals surface area contributed by atoms with Gasteiger partial charge in [-0.25, -0.2) is 4.39 Å². The maximum absolute atomic E-state index is 12.9. The molecule has 0 aliphatic rings. The SMILES string of the molecule is Cc1cc(C(=O)C(=O)Nc2ccc(F)cc2)c(C)n1-c1ccc(Cl)cc1. The number of aromatic nitrogens is 1.